The first kappa shape index (κ1) is 20.1. The van der Waals surface area contributed by atoms with Gasteiger partial charge in [0, 0.05) is 63.8 Å². The second kappa shape index (κ2) is 7.89. The van der Waals surface area contributed by atoms with E-state index in [1.54, 1.807) is 18.0 Å². The molecule has 2 aliphatic heterocycles. The molecule has 2 saturated heterocycles. The van der Waals surface area contributed by atoms with Crippen LogP contribution in [0.4, 0.5) is 0 Å². The predicted octanol–water partition coefficient (Wildman–Crippen LogP) is -0.0644. The number of aromatic amines is 1. The fourth-order valence-corrected chi connectivity index (χ4v) is 4.39. The molecule has 2 aliphatic rings. The number of H-pyrrole nitrogens is 1. The van der Waals surface area contributed by atoms with Crippen molar-refractivity contribution >= 4 is 11.6 Å². The number of piperazine rings is 1. The third-order valence-corrected chi connectivity index (χ3v) is 6.17. The lowest BCUT2D eigenvalue weighted by molar-refractivity contribution is -0.0179. The molecule has 29 heavy (non-hydrogen) atoms. The summed E-state index contributed by atoms with van der Waals surface area (Å²) in [6.07, 6.45) is 3.55. The van der Waals surface area contributed by atoms with E-state index in [-0.39, 0.29) is 11.5 Å². The Hall–Kier alpha value is -2.23. The van der Waals surface area contributed by atoms with E-state index in [0.717, 1.165) is 32.6 Å². The van der Waals surface area contributed by atoms with Crippen LogP contribution in [0.15, 0.2) is 17.1 Å². The molecule has 0 spiro atoms. The van der Waals surface area contributed by atoms with Crippen molar-refractivity contribution in [1.82, 2.24) is 29.3 Å². The van der Waals surface area contributed by atoms with Crippen molar-refractivity contribution in [3.63, 3.8) is 0 Å². The molecule has 9 nitrogen and oxygen atoms in total. The number of hydrogen-bond donors (Lipinski definition) is 2. The molecule has 4 rings (SSSR count). The van der Waals surface area contributed by atoms with Gasteiger partial charge in [-0.25, -0.2) is 9.50 Å². The monoisotopic (exact) mass is 402 g/mol. The first-order valence-corrected chi connectivity index (χ1v) is 10.3. The Balaban J connectivity index is 1.46. The van der Waals surface area contributed by atoms with Gasteiger partial charge in [0.15, 0.2) is 5.65 Å². The van der Waals surface area contributed by atoms with E-state index in [0.29, 0.717) is 49.4 Å². The molecule has 0 radical (unpaired) electrons. The number of aryl methyl sites for hydroxylation is 1. The minimum Gasteiger partial charge on any atom is -0.388 e. The number of carbonyl (C=O) groups excluding carboxylic acids is 1. The number of aromatic nitrogens is 3. The quantitative estimate of drug-likeness (QED) is 0.746. The molecule has 2 aromatic rings. The highest BCUT2D eigenvalue weighted by Gasteiger charge is 2.34. The fourth-order valence-electron chi connectivity index (χ4n) is 4.39. The summed E-state index contributed by atoms with van der Waals surface area (Å²) in [6, 6.07) is 1.43. The summed E-state index contributed by atoms with van der Waals surface area (Å²) in [4.78, 5) is 36.0. The highest BCUT2D eigenvalue weighted by Crippen LogP contribution is 2.25. The molecule has 2 N–H and O–H groups in total. The van der Waals surface area contributed by atoms with Crippen LogP contribution < -0.4 is 5.56 Å². The van der Waals surface area contributed by atoms with Crippen molar-refractivity contribution in [2.45, 2.75) is 31.8 Å². The second-order valence-electron chi connectivity index (χ2n) is 8.53. The van der Waals surface area contributed by atoms with E-state index in [9.17, 15) is 14.7 Å². The highest BCUT2D eigenvalue weighted by molar-refractivity contribution is 5.99. The van der Waals surface area contributed by atoms with Gasteiger partial charge in [0.1, 0.15) is 5.56 Å². The topological polar surface area (TPSA) is 97.2 Å². The Morgan fingerprint density at radius 3 is 2.72 bits per heavy atom. The molecule has 0 bridgehead atoms. The van der Waals surface area contributed by atoms with Gasteiger partial charge < -0.3 is 14.9 Å². The van der Waals surface area contributed by atoms with Gasteiger partial charge >= 0.3 is 0 Å². The summed E-state index contributed by atoms with van der Waals surface area (Å²) in [5.74, 6) is -0.148. The molecule has 1 atom stereocenters. The van der Waals surface area contributed by atoms with Crippen molar-refractivity contribution in [2.75, 3.05) is 52.9 Å². The number of nitrogens with one attached hydrogen (secondary N) is 1. The van der Waals surface area contributed by atoms with Gasteiger partial charge in [-0.15, -0.1) is 0 Å². The normalized spacial score (nSPS) is 24.7. The van der Waals surface area contributed by atoms with E-state index in [1.165, 1.54) is 10.6 Å². The van der Waals surface area contributed by atoms with Crippen LogP contribution in [0.1, 0.15) is 35.3 Å². The minimum atomic E-state index is -0.767. The molecule has 0 aromatic carbocycles. The average molecular weight is 402 g/mol. The Morgan fingerprint density at radius 2 is 1.97 bits per heavy atom. The van der Waals surface area contributed by atoms with Crippen LogP contribution in [0.2, 0.25) is 0 Å². The second-order valence-corrected chi connectivity index (χ2v) is 8.53. The zero-order valence-corrected chi connectivity index (χ0v) is 17.2. The van der Waals surface area contributed by atoms with Gasteiger partial charge in [0.05, 0.1) is 5.60 Å². The Bertz CT molecular complexity index is 945. The summed E-state index contributed by atoms with van der Waals surface area (Å²) < 4.78 is 1.29. The molecule has 0 saturated carbocycles. The van der Waals surface area contributed by atoms with Crippen LogP contribution >= 0.6 is 0 Å². The van der Waals surface area contributed by atoms with E-state index >= 15 is 0 Å². The molecule has 0 aliphatic carbocycles. The van der Waals surface area contributed by atoms with Crippen LogP contribution in [-0.4, -0.2) is 98.8 Å². The number of aliphatic hydroxyl groups is 1. The van der Waals surface area contributed by atoms with Crippen molar-refractivity contribution < 1.29 is 9.90 Å². The highest BCUT2D eigenvalue weighted by atomic mass is 16.3. The molecular formula is C20H30N6O3. The lowest BCUT2D eigenvalue weighted by Gasteiger charge is -2.38. The van der Waals surface area contributed by atoms with Gasteiger partial charge in [-0.1, -0.05) is 0 Å². The number of nitrogens with zero attached hydrogens (tertiary/aromatic N) is 5. The van der Waals surface area contributed by atoms with Crippen molar-refractivity contribution in [2.24, 2.45) is 0 Å². The maximum absolute atomic E-state index is 13.1. The lowest BCUT2D eigenvalue weighted by Crippen LogP contribution is -2.51. The summed E-state index contributed by atoms with van der Waals surface area (Å²) in [7, 11) is 2.12. The van der Waals surface area contributed by atoms with Crippen molar-refractivity contribution in [1.29, 1.82) is 0 Å². The number of amides is 1. The molecule has 4 heterocycles. The first-order valence-electron chi connectivity index (χ1n) is 10.3. The standard InChI is InChI=1S/C20H30N6O3/c1-15-12-17(27)26-18(22-15)16(13-21-26)19(28)25-6-3-4-20(29,5-7-25)14-24-10-8-23(2)9-11-24/h12-13,21,29H,3-11,14H2,1-2H3. The number of rotatable bonds is 3. The number of hydrogen-bond acceptors (Lipinski definition) is 6. The summed E-state index contributed by atoms with van der Waals surface area (Å²) in [5.41, 5.74) is 0.342. The molecule has 1 unspecified atom stereocenters. The van der Waals surface area contributed by atoms with Gasteiger partial charge in [0.2, 0.25) is 0 Å². The Kier molecular flexibility index (Phi) is 5.46. The van der Waals surface area contributed by atoms with Crippen molar-refractivity contribution in [3.8, 4) is 0 Å². The third kappa shape index (κ3) is 4.22. The largest absolute Gasteiger partial charge is 0.388 e. The average Bonchev–Trinajstić information content (AvgIpc) is 3.00. The number of carbonyl (C=O) groups is 1. The minimum absolute atomic E-state index is 0.148. The SMILES string of the molecule is Cc1cc(=O)n2[nH]cc(C(=O)N3CCCC(O)(CN4CCN(C)CC4)CC3)c2n1. The van der Waals surface area contributed by atoms with Crippen molar-refractivity contribution in [3.05, 3.63) is 33.9 Å². The lowest BCUT2D eigenvalue weighted by atomic mass is 9.94. The van der Waals surface area contributed by atoms with E-state index in [1.807, 2.05) is 0 Å². The zero-order chi connectivity index (χ0) is 20.6. The summed E-state index contributed by atoms with van der Waals surface area (Å²) in [6.45, 7) is 7.47. The molecular weight excluding hydrogens is 372 g/mol. The number of likely N-dealkylation sites (N-methyl/N-ethyl adjacent to an activating group) is 1. The smallest absolute Gasteiger partial charge is 0.272 e. The predicted molar refractivity (Wildman–Crippen MR) is 109 cm³/mol. The first-order chi connectivity index (χ1) is 13.8. The molecule has 9 heteroatoms. The van der Waals surface area contributed by atoms with Gasteiger partial charge in [0.25, 0.3) is 11.5 Å². The van der Waals surface area contributed by atoms with Gasteiger partial charge in [-0.3, -0.25) is 19.6 Å². The third-order valence-electron chi connectivity index (χ3n) is 6.17. The van der Waals surface area contributed by atoms with Crippen LogP contribution in [0, 0.1) is 6.92 Å². The molecule has 1 amide bonds. The molecule has 158 valence electrons. The molecule has 2 aromatic heterocycles. The van der Waals surface area contributed by atoms with Gasteiger partial charge in [-0.2, -0.15) is 0 Å². The summed E-state index contributed by atoms with van der Waals surface area (Å²) >= 11 is 0. The van der Waals surface area contributed by atoms with Gasteiger partial charge in [-0.05, 0) is 33.2 Å². The van der Waals surface area contributed by atoms with Crippen LogP contribution in [-0.2, 0) is 0 Å². The number of fused-ring (bicyclic) bond motifs is 1. The van der Waals surface area contributed by atoms with E-state index in [2.05, 4.69) is 26.9 Å². The fraction of sp³-hybridized carbons (Fsp3) is 0.650. The Labute approximate surface area is 169 Å². The summed E-state index contributed by atoms with van der Waals surface area (Å²) in [5, 5.41) is 14.0. The van der Waals surface area contributed by atoms with Crippen LogP contribution in [0.25, 0.3) is 5.65 Å². The number of β-amino-alcohol motifs (C(OH)–C–C–N with tert-alkyl or cyclic N) is 1. The van der Waals surface area contributed by atoms with Crippen LogP contribution in [0.3, 0.4) is 0 Å². The van der Waals surface area contributed by atoms with E-state index in [4.69, 9.17) is 0 Å². The molecule has 2 fully saturated rings. The van der Waals surface area contributed by atoms with E-state index < -0.39 is 5.60 Å². The van der Waals surface area contributed by atoms with Crippen LogP contribution in [0.5, 0.6) is 0 Å². The zero-order valence-electron chi connectivity index (χ0n) is 17.2. The number of likely N-dealkylation sites (tertiary alicyclic amines) is 1. The maximum atomic E-state index is 13.1. The maximum Gasteiger partial charge on any atom is 0.272 e. The Morgan fingerprint density at radius 1 is 1.21 bits per heavy atom.